The van der Waals surface area contributed by atoms with Crippen LogP contribution in [0.5, 0.6) is 5.19 Å². The Labute approximate surface area is 173 Å². The molecule has 0 unspecified atom stereocenters. The first kappa shape index (κ1) is 19.7. The van der Waals surface area contributed by atoms with Crippen LogP contribution in [0.15, 0.2) is 45.8 Å². The van der Waals surface area contributed by atoms with Crippen molar-refractivity contribution in [2.24, 2.45) is 0 Å². The monoisotopic (exact) mass is 488 g/mol. The Morgan fingerprint density at radius 1 is 1.14 bits per heavy atom. The SMILES string of the molecule is O=S(=O)(c1ccc(Br)cc1)N1CCC(Oc2nc3c(F)cc(F)cc3s2)CC1. The third-order valence-electron chi connectivity index (χ3n) is 4.51. The van der Waals surface area contributed by atoms with E-state index >= 15 is 0 Å². The zero-order valence-electron chi connectivity index (χ0n) is 14.4. The predicted molar refractivity (Wildman–Crippen MR) is 106 cm³/mol. The molecule has 0 aliphatic carbocycles. The summed E-state index contributed by atoms with van der Waals surface area (Å²) < 4.78 is 61.0. The number of ether oxygens (including phenoxy) is 1. The second-order valence-electron chi connectivity index (χ2n) is 6.39. The average Bonchev–Trinajstić information content (AvgIpc) is 3.05. The summed E-state index contributed by atoms with van der Waals surface area (Å²) >= 11 is 4.37. The molecule has 2 heterocycles. The molecule has 3 aromatic rings. The molecular formula is C18H15BrF2N2O3S2. The topological polar surface area (TPSA) is 59.5 Å². The molecule has 1 aromatic heterocycles. The average molecular weight is 489 g/mol. The standard InChI is InChI=1S/C18H15BrF2N2O3S2/c19-11-1-3-14(4-2-11)28(24,25)23-7-5-13(6-8-23)26-18-22-17-15(21)9-12(20)10-16(17)27-18/h1-4,9-10,13H,5-8H2. The normalized spacial score (nSPS) is 16.5. The van der Waals surface area contributed by atoms with Gasteiger partial charge in [0, 0.05) is 23.6 Å². The molecule has 2 aromatic carbocycles. The minimum Gasteiger partial charge on any atom is -0.467 e. The summed E-state index contributed by atoms with van der Waals surface area (Å²) in [4.78, 5) is 4.34. The zero-order chi connectivity index (χ0) is 19.9. The number of aromatic nitrogens is 1. The molecule has 0 bridgehead atoms. The molecule has 0 saturated carbocycles. The quantitative estimate of drug-likeness (QED) is 0.539. The van der Waals surface area contributed by atoms with E-state index in [1.54, 1.807) is 24.3 Å². The van der Waals surface area contributed by atoms with Crippen molar-refractivity contribution in [3.63, 3.8) is 0 Å². The van der Waals surface area contributed by atoms with E-state index in [0.717, 1.165) is 21.9 Å². The molecule has 0 N–H and O–H groups in total. The molecule has 148 valence electrons. The Morgan fingerprint density at radius 3 is 2.50 bits per heavy atom. The van der Waals surface area contributed by atoms with Crippen molar-refractivity contribution < 1.29 is 21.9 Å². The van der Waals surface area contributed by atoms with Gasteiger partial charge in [0.05, 0.1) is 9.60 Å². The van der Waals surface area contributed by atoms with Gasteiger partial charge in [-0.3, -0.25) is 0 Å². The van der Waals surface area contributed by atoms with Crippen LogP contribution in [0.25, 0.3) is 10.2 Å². The number of piperidine rings is 1. The van der Waals surface area contributed by atoms with Gasteiger partial charge >= 0.3 is 0 Å². The second kappa shape index (κ2) is 7.66. The Kier molecular flexibility index (Phi) is 5.38. The lowest BCUT2D eigenvalue weighted by atomic mass is 10.1. The number of rotatable bonds is 4. The van der Waals surface area contributed by atoms with E-state index < -0.39 is 21.7 Å². The van der Waals surface area contributed by atoms with Crippen molar-refractivity contribution in [1.82, 2.24) is 9.29 Å². The van der Waals surface area contributed by atoms with Gasteiger partial charge in [0.25, 0.3) is 5.19 Å². The Morgan fingerprint density at radius 2 is 1.82 bits per heavy atom. The third kappa shape index (κ3) is 3.91. The van der Waals surface area contributed by atoms with Crippen molar-refractivity contribution in [3.05, 3.63) is 52.5 Å². The largest absolute Gasteiger partial charge is 0.467 e. The van der Waals surface area contributed by atoms with Crippen molar-refractivity contribution >= 4 is 47.5 Å². The molecule has 1 fully saturated rings. The van der Waals surface area contributed by atoms with Gasteiger partial charge in [-0.1, -0.05) is 27.3 Å². The maximum Gasteiger partial charge on any atom is 0.274 e. The van der Waals surface area contributed by atoms with Gasteiger partial charge in [0.15, 0.2) is 5.82 Å². The highest BCUT2D eigenvalue weighted by molar-refractivity contribution is 9.10. The number of halogens is 3. The first-order valence-corrected chi connectivity index (χ1v) is 11.6. The number of sulfonamides is 1. The van der Waals surface area contributed by atoms with Gasteiger partial charge in [0.1, 0.15) is 17.4 Å². The lowest BCUT2D eigenvalue weighted by Crippen LogP contribution is -2.41. The van der Waals surface area contributed by atoms with E-state index in [2.05, 4.69) is 20.9 Å². The highest BCUT2D eigenvalue weighted by atomic mass is 79.9. The summed E-state index contributed by atoms with van der Waals surface area (Å²) in [5.41, 5.74) is 0.0802. The summed E-state index contributed by atoms with van der Waals surface area (Å²) in [6, 6.07) is 8.52. The highest BCUT2D eigenvalue weighted by Crippen LogP contribution is 2.32. The number of hydrogen-bond acceptors (Lipinski definition) is 5. The Hall–Kier alpha value is -1.62. The van der Waals surface area contributed by atoms with E-state index in [4.69, 9.17) is 4.74 Å². The van der Waals surface area contributed by atoms with Crippen LogP contribution in [0, 0.1) is 11.6 Å². The van der Waals surface area contributed by atoms with E-state index in [9.17, 15) is 17.2 Å². The van der Waals surface area contributed by atoms with Gasteiger partial charge in [0.2, 0.25) is 10.0 Å². The van der Waals surface area contributed by atoms with E-state index in [0.29, 0.717) is 30.6 Å². The molecule has 0 atom stereocenters. The maximum atomic E-state index is 13.8. The summed E-state index contributed by atoms with van der Waals surface area (Å²) in [7, 11) is -3.55. The fraction of sp³-hybridized carbons (Fsp3) is 0.278. The summed E-state index contributed by atoms with van der Waals surface area (Å²) in [5.74, 6) is -1.39. The van der Waals surface area contributed by atoms with Crippen LogP contribution in [0.1, 0.15) is 12.8 Å². The zero-order valence-corrected chi connectivity index (χ0v) is 17.7. The summed E-state index contributed by atoms with van der Waals surface area (Å²) in [6.07, 6.45) is 0.746. The van der Waals surface area contributed by atoms with Crippen molar-refractivity contribution in [3.8, 4) is 5.19 Å². The molecule has 0 radical (unpaired) electrons. The lowest BCUT2D eigenvalue weighted by molar-refractivity contribution is 0.135. The molecule has 0 amide bonds. The van der Waals surface area contributed by atoms with E-state index in [-0.39, 0.29) is 21.7 Å². The van der Waals surface area contributed by atoms with Gasteiger partial charge in [-0.05, 0) is 43.2 Å². The second-order valence-corrected chi connectivity index (χ2v) is 10.2. The van der Waals surface area contributed by atoms with Gasteiger partial charge < -0.3 is 4.74 Å². The molecule has 10 heteroatoms. The van der Waals surface area contributed by atoms with Gasteiger partial charge in [-0.2, -0.15) is 9.29 Å². The van der Waals surface area contributed by atoms with Crippen LogP contribution in [0.3, 0.4) is 0 Å². The van der Waals surface area contributed by atoms with E-state index in [1.165, 1.54) is 10.4 Å². The van der Waals surface area contributed by atoms with Crippen LogP contribution in [0.2, 0.25) is 0 Å². The minimum atomic E-state index is -3.55. The summed E-state index contributed by atoms with van der Waals surface area (Å²) in [5, 5.41) is 0.258. The molecule has 1 saturated heterocycles. The number of fused-ring (bicyclic) bond motifs is 1. The first-order valence-electron chi connectivity index (χ1n) is 8.51. The molecule has 1 aliphatic heterocycles. The van der Waals surface area contributed by atoms with Crippen LogP contribution < -0.4 is 4.74 Å². The number of benzene rings is 2. The maximum absolute atomic E-state index is 13.8. The smallest absolute Gasteiger partial charge is 0.274 e. The molecule has 5 nitrogen and oxygen atoms in total. The number of nitrogens with zero attached hydrogens (tertiary/aromatic N) is 2. The fourth-order valence-corrected chi connectivity index (χ4v) is 5.73. The van der Waals surface area contributed by atoms with Crippen molar-refractivity contribution in [2.75, 3.05) is 13.1 Å². The van der Waals surface area contributed by atoms with Crippen LogP contribution in [-0.4, -0.2) is 36.9 Å². The molecule has 4 rings (SSSR count). The van der Waals surface area contributed by atoms with Crippen LogP contribution >= 0.6 is 27.3 Å². The molecular weight excluding hydrogens is 474 g/mol. The summed E-state index contributed by atoms with van der Waals surface area (Å²) in [6.45, 7) is 0.633. The lowest BCUT2D eigenvalue weighted by Gasteiger charge is -2.30. The molecule has 28 heavy (non-hydrogen) atoms. The van der Waals surface area contributed by atoms with Gasteiger partial charge in [-0.25, -0.2) is 17.2 Å². The number of thiazole rings is 1. The number of hydrogen-bond donors (Lipinski definition) is 0. The highest BCUT2D eigenvalue weighted by Gasteiger charge is 2.30. The minimum absolute atomic E-state index is 0.0802. The van der Waals surface area contributed by atoms with Crippen LogP contribution in [0.4, 0.5) is 8.78 Å². The molecule has 0 spiro atoms. The Bertz CT molecular complexity index is 1110. The third-order valence-corrected chi connectivity index (χ3v) is 7.85. The fourth-order valence-electron chi connectivity index (χ4n) is 3.08. The molecule has 1 aliphatic rings. The van der Waals surface area contributed by atoms with Crippen molar-refractivity contribution in [1.29, 1.82) is 0 Å². The van der Waals surface area contributed by atoms with Crippen molar-refractivity contribution in [2.45, 2.75) is 23.8 Å². The van der Waals surface area contributed by atoms with Crippen LogP contribution in [-0.2, 0) is 10.0 Å². The Balaban J connectivity index is 1.43. The van der Waals surface area contributed by atoms with Gasteiger partial charge in [-0.15, -0.1) is 0 Å². The first-order chi connectivity index (χ1) is 13.3. The van der Waals surface area contributed by atoms with E-state index in [1.807, 2.05) is 0 Å². The predicted octanol–water partition coefficient (Wildman–Crippen LogP) is 4.57.